The highest BCUT2D eigenvalue weighted by molar-refractivity contribution is 5.70. The van der Waals surface area contributed by atoms with Crippen LogP contribution in [0, 0.1) is 11.8 Å². The number of methoxy groups -OCH3 is 1. The van der Waals surface area contributed by atoms with Gasteiger partial charge in [0.25, 0.3) is 0 Å². The second-order valence-corrected chi connectivity index (χ2v) is 2.79. The maximum atomic E-state index is 10.6. The highest BCUT2D eigenvalue weighted by atomic mass is 16.5. The molecule has 0 radical (unpaired) electrons. The predicted octanol–water partition coefficient (Wildman–Crippen LogP) is 1.38. The fraction of sp³-hybridized carbons (Fsp3) is 0.875. The number of hydrogen-bond acceptors (Lipinski definition) is 2. The van der Waals surface area contributed by atoms with E-state index in [9.17, 15) is 4.79 Å². The van der Waals surface area contributed by atoms with E-state index in [1.165, 1.54) is 0 Å². The summed E-state index contributed by atoms with van der Waals surface area (Å²) < 4.78 is 4.87. The molecule has 0 saturated heterocycles. The lowest BCUT2D eigenvalue weighted by Crippen LogP contribution is -2.23. The van der Waals surface area contributed by atoms with E-state index in [-0.39, 0.29) is 11.8 Å². The Hall–Kier alpha value is -0.570. The molecule has 0 rings (SSSR count). The zero-order chi connectivity index (χ0) is 8.85. The second-order valence-electron chi connectivity index (χ2n) is 2.79. The number of carboxylic acids is 1. The van der Waals surface area contributed by atoms with Crippen LogP contribution < -0.4 is 0 Å². The van der Waals surface area contributed by atoms with Gasteiger partial charge in [-0.25, -0.2) is 0 Å². The van der Waals surface area contributed by atoms with Gasteiger partial charge in [0.1, 0.15) is 0 Å². The Morgan fingerprint density at radius 2 is 2.18 bits per heavy atom. The monoisotopic (exact) mass is 160 g/mol. The summed E-state index contributed by atoms with van der Waals surface area (Å²) in [7, 11) is 1.59. The zero-order valence-corrected chi connectivity index (χ0v) is 7.33. The molecule has 0 amide bonds. The Morgan fingerprint density at radius 3 is 2.45 bits per heavy atom. The molecule has 2 atom stereocenters. The first kappa shape index (κ1) is 10.4. The van der Waals surface area contributed by atoms with Gasteiger partial charge in [0, 0.05) is 13.7 Å². The molecule has 11 heavy (non-hydrogen) atoms. The largest absolute Gasteiger partial charge is 0.481 e. The van der Waals surface area contributed by atoms with Crippen LogP contribution in [-0.4, -0.2) is 24.8 Å². The van der Waals surface area contributed by atoms with E-state index in [2.05, 4.69) is 0 Å². The van der Waals surface area contributed by atoms with Gasteiger partial charge in [-0.05, 0) is 12.3 Å². The first-order valence-electron chi connectivity index (χ1n) is 3.85. The Bertz CT molecular complexity index is 123. The summed E-state index contributed by atoms with van der Waals surface area (Å²) in [5.74, 6) is -0.894. The minimum Gasteiger partial charge on any atom is -0.481 e. The highest BCUT2D eigenvalue weighted by Gasteiger charge is 2.21. The predicted molar refractivity (Wildman–Crippen MR) is 42.5 cm³/mol. The van der Waals surface area contributed by atoms with Crippen LogP contribution >= 0.6 is 0 Å². The van der Waals surface area contributed by atoms with Crippen LogP contribution in [0.25, 0.3) is 0 Å². The van der Waals surface area contributed by atoms with E-state index in [0.29, 0.717) is 13.0 Å². The fourth-order valence-corrected chi connectivity index (χ4v) is 1.20. The molecule has 0 aromatic rings. The van der Waals surface area contributed by atoms with E-state index in [0.717, 1.165) is 0 Å². The molecule has 0 bridgehead atoms. The summed E-state index contributed by atoms with van der Waals surface area (Å²) in [6.45, 7) is 4.29. The van der Waals surface area contributed by atoms with Crippen LogP contribution in [0.5, 0.6) is 0 Å². The average Bonchev–Trinajstić information content (AvgIpc) is 1.88. The molecule has 0 aliphatic carbocycles. The number of carbonyl (C=O) groups is 1. The molecule has 0 aromatic heterocycles. The van der Waals surface area contributed by atoms with Crippen LogP contribution in [-0.2, 0) is 9.53 Å². The second kappa shape index (κ2) is 5.13. The summed E-state index contributed by atoms with van der Waals surface area (Å²) in [6.07, 6.45) is 0.667. The first-order chi connectivity index (χ1) is 5.13. The van der Waals surface area contributed by atoms with Gasteiger partial charge in [0.2, 0.25) is 0 Å². The number of rotatable bonds is 5. The average molecular weight is 160 g/mol. The van der Waals surface area contributed by atoms with Crippen molar-refractivity contribution in [3.63, 3.8) is 0 Å². The van der Waals surface area contributed by atoms with Crippen LogP contribution in [0.1, 0.15) is 20.3 Å². The molecule has 0 saturated carbocycles. The molecular formula is C8H16O3. The molecule has 0 fully saturated rings. The Kier molecular flexibility index (Phi) is 4.86. The Balaban J connectivity index is 3.91. The van der Waals surface area contributed by atoms with Crippen molar-refractivity contribution in [1.29, 1.82) is 0 Å². The normalized spacial score (nSPS) is 15.9. The summed E-state index contributed by atoms with van der Waals surface area (Å²) in [6, 6.07) is 0. The van der Waals surface area contributed by atoms with Crippen molar-refractivity contribution < 1.29 is 14.6 Å². The Morgan fingerprint density at radius 1 is 1.64 bits per heavy atom. The van der Waals surface area contributed by atoms with Crippen molar-refractivity contribution in [1.82, 2.24) is 0 Å². The van der Waals surface area contributed by atoms with Crippen molar-refractivity contribution in [3.05, 3.63) is 0 Å². The molecule has 0 aliphatic rings. The molecule has 0 heterocycles. The summed E-state index contributed by atoms with van der Waals surface area (Å²) >= 11 is 0. The fourth-order valence-electron chi connectivity index (χ4n) is 1.20. The lowest BCUT2D eigenvalue weighted by molar-refractivity contribution is -0.144. The standard InChI is InChI=1S/C8H16O3/c1-4-7(8(9)10)6(2)5-11-3/h6-7H,4-5H2,1-3H3,(H,9,10). The van der Waals surface area contributed by atoms with E-state index in [4.69, 9.17) is 9.84 Å². The Labute approximate surface area is 67.4 Å². The van der Waals surface area contributed by atoms with Crippen LogP contribution in [0.3, 0.4) is 0 Å². The van der Waals surface area contributed by atoms with Crippen molar-refractivity contribution in [2.24, 2.45) is 11.8 Å². The van der Waals surface area contributed by atoms with Crippen molar-refractivity contribution in [2.75, 3.05) is 13.7 Å². The van der Waals surface area contributed by atoms with Crippen LogP contribution in [0.2, 0.25) is 0 Å². The molecule has 0 aromatic carbocycles. The number of aliphatic carboxylic acids is 1. The van der Waals surface area contributed by atoms with Crippen molar-refractivity contribution in [2.45, 2.75) is 20.3 Å². The maximum absolute atomic E-state index is 10.6. The highest BCUT2D eigenvalue weighted by Crippen LogP contribution is 2.15. The quantitative estimate of drug-likeness (QED) is 0.661. The number of carboxylic acid groups (broad SMARTS) is 1. The lowest BCUT2D eigenvalue weighted by atomic mass is 9.92. The van der Waals surface area contributed by atoms with E-state index in [1.54, 1.807) is 7.11 Å². The number of hydrogen-bond donors (Lipinski definition) is 1. The third-order valence-electron chi connectivity index (χ3n) is 1.87. The van der Waals surface area contributed by atoms with E-state index in [1.807, 2.05) is 13.8 Å². The van der Waals surface area contributed by atoms with Gasteiger partial charge in [-0.15, -0.1) is 0 Å². The van der Waals surface area contributed by atoms with E-state index < -0.39 is 5.97 Å². The maximum Gasteiger partial charge on any atom is 0.306 e. The third-order valence-corrected chi connectivity index (χ3v) is 1.87. The molecule has 2 unspecified atom stereocenters. The molecule has 66 valence electrons. The van der Waals surface area contributed by atoms with Crippen molar-refractivity contribution in [3.8, 4) is 0 Å². The lowest BCUT2D eigenvalue weighted by Gasteiger charge is -2.16. The topological polar surface area (TPSA) is 46.5 Å². The van der Waals surface area contributed by atoms with Gasteiger partial charge >= 0.3 is 5.97 Å². The van der Waals surface area contributed by atoms with Gasteiger partial charge in [-0.2, -0.15) is 0 Å². The van der Waals surface area contributed by atoms with Crippen molar-refractivity contribution >= 4 is 5.97 Å². The van der Waals surface area contributed by atoms with Gasteiger partial charge in [-0.1, -0.05) is 13.8 Å². The molecule has 1 N–H and O–H groups in total. The van der Waals surface area contributed by atoms with Crippen LogP contribution in [0.4, 0.5) is 0 Å². The number of ether oxygens (including phenoxy) is 1. The van der Waals surface area contributed by atoms with E-state index >= 15 is 0 Å². The molecule has 3 nitrogen and oxygen atoms in total. The van der Waals surface area contributed by atoms with Gasteiger partial charge in [0.05, 0.1) is 5.92 Å². The molecule has 3 heteroatoms. The van der Waals surface area contributed by atoms with Gasteiger partial charge < -0.3 is 9.84 Å². The first-order valence-corrected chi connectivity index (χ1v) is 3.85. The van der Waals surface area contributed by atoms with Crippen LogP contribution in [0.15, 0.2) is 0 Å². The summed E-state index contributed by atoms with van der Waals surface area (Å²) in [4.78, 5) is 10.6. The zero-order valence-electron chi connectivity index (χ0n) is 7.33. The SMILES string of the molecule is CCC(C(=O)O)C(C)COC. The minimum absolute atomic E-state index is 0.0995. The molecule has 0 aliphatic heterocycles. The van der Waals surface area contributed by atoms with Gasteiger partial charge in [0.15, 0.2) is 0 Å². The molecular weight excluding hydrogens is 144 g/mol. The summed E-state index contributed by atoms with van der Waals surface area (Å²) in [5.41, 5.74) is 0. The third kappa shape index (κ3) is 3.37. The minimum atomic E-state index is -0.725. The van der Waals surface area contributed by atoms with Gasteiger partial charge in [-0.3, -0.25) is 4.79 Å². The molecule has 0 spiro atoms. The summed E-state index contributed by atoms with van der Waals surface area (Å²) in [5, 5.41) is 8.71. The smallest absolute Gasteiger partial charge is 0.306 e.